The molecule has 0 heterocycles. The van der Waals surface area contributed by atoms with E-state index in [1.165, 1.54) is 37.2 Å². The molecule has 0 aromatic heterocycles. The van der Waals surface area contributed by atoms with E-state index < -0.39 is 0 Å². The van der Waals surface area contributed by atoms with Crippen LogP contribution >= 0.6 is 0 Å². The van der Waals surface area contributed by atoms with Gasteiger partial charge in [-0.25, -0.2) is 0 Å². The fraction of sp³-hybridized carbons (Fsp3) is 1.00. The molecule has 0 aliphatic heterocycles. The maximum absolute atomic E-state index is 9.25. The van der Waals surface area contributed by atoms with Gasteiger partial charge >= 0.3 is 0 Å². The summed E-state index contributed by atoms with van der Waals surface area (Å²) in [6.45, 7) is 4.36. The minimum absolute atomic E-state index is 0.363. The lowest BCUT2D eigenvalue weighted by atomic mass is 10.0. The molecule has 0 radical (unpaired) electrons. The Labute approximate surface area is 82.9 Å². The smallest absolute Gasteiger partial charge is 0.0344 e. The number of hydrogen-bond donors (Lipinski definition) is 1. The Morgan fingerprint density at radius 3 is 2.15 bits per heavy atom. The van der Waals surface area contributed by atoms with Gasteiger partial charge in [-0.3, -0.25) is 0 Å². The van der Waals surface area contributed by atoms with Gasteiger partial charge in [0.2, 0.25) is 0 Å². The molecule has 0 bridgehead atoms. The van der Waals surface area contributed by atoms with Gasteiger partial charge < -0.3 is 5.21 Å². The van der Waals surface area contributed by atoms with Gasteiger partial charge in [-0.15, -0.1) is 0 Å². The lowest BCUT2D eigenvalue weighted by Gasteiger charge is -2.20. The molecule has 0 aliphatic carbocycles. The molecule has 0 aliphatic rings. The van der Waals surface area contributed by atoms with Gasteiger partial charge in [-0.2, -0.15) is 5.06 Å². The predicted molar refractivity (Wildman–Crippen MR) is 57.0 cm³/mol. The summed E-state index contributed by atoms with van der Waals surface area (Å²) < 4.78 is 0. The fourth-order valence-corrected chi connectivity index (χ4v) is 1.64. The van der Waals surface area contributed by atoms with Crippen molar-refractivity contribution in [2.45, 2.75) is 64.8 Å². The summed E-state index contributed by atoms with van der Waals surface area (Å²) in [6.07, 6.45) is 8.75. The summed E-state index contributed by atoms with van der Waals surface area (Å²) in [5, 5.41) is 10.6. The third kappa shape index (κ3) is 7.03. The molecule has 0 saturated heterocycles. The standard InChI is InChI=1S/C11H25NO/c1-4-6-7-8-9-10-11(5-2)12(3)13/h11,13H,4-10H2,1-3H3. The lowest BCUT2D eigenvalue weighted by Crippen LogP contribution is -2.27. The zero-order valence-corrected chi connectivity index (χ0v) is 9.42. The number of rotatable bonds is 8. The van der Waals surface area contributed by atoms with E-state index in [0.717, 1.165) is 12.8 Å². The normalized spacial score (nSPS) is 13.6. The van der Waals surface area contributed by atoms with Crippen LogP contribution in [0.5, 0.6) is 0 Å². The maximum atomic E-state index is 9.25. The Morgan fingerprint density at radius 1 is 1.08 bits per heavy atom. The van der Waals surface area contributed by atoms with Gasteiger partial charge in [0.05, 0.1) is 0 Å². The van der Waals surface area contributed by atoms with Crippen molar-refractivity contribution in [1.82, 2.24) is 5.06 Å². The summed E-state index contributed by atoms with van der Waals surface area (Å²) in [7, 11) is 1.75. The van der Waals surface area contributed by atoms with Crippen LogP contribution in [-0.4, -0.2) is 23.4 Å². The summed E-state index contributed by atoms with van der Waals surface area (Å²) in [5.41, 5.74) is 0. The number of hydroxylamine groups is 2. The molecule has 0 fully saturated rings. The number of nitrogens with zero attached hydrogens (tertiary/aromatic N) is 1. The number of hydrogen-bond acceptors (Lipinski definition) is 2. The van der Waals surface area contributed by atoms with Crippen LogP contribution in [0.25, 0.3) is 0 Å². The highest BCUT2D eigenvalue weighted by Gasteiger charge is 2.08. The van der Waals surface area contributed by atoms with Crippen LogP contribution in [0.15, 0.2) is 0 Å². The molecule has 1 atom stereocenters. The Balaban J connectivity index is 3.28. The Kier molecular flexibility index (Phi) is 8.46. The molecule has 0 rings (SSSR count). The molecule has 80 valence electrons. The summed E-state index contributed by atoms with van der Waals surface area (Å²) in [4.78, 5) is 0. The first-order valence-corrected chi connectivity index (χ1v) is 5.64. The molecule has 2 nitrogen and oxygen atoms in total. The molecule has 0 amide bonds. The monoisotopic (exact) mass is 187 g/mol. The van der Waals surface area contributed by atoms with Crippen molar-refractivity contribution in [2.24, 2.45) is 0 Å². The molecule has 0 spiro atoms. The van der Waals surface area contributed by atoms with Gasteiger partial charge in [0.15, 0.2) is 0 Å². The molecular weight excluding hydrogens is 162 g/mol. The first kappa shape index (κ1) is 12.9. The van der Waals surface area contributed by atoms with Crippen LogP contribution < -0.4 is 0 Å². The molecular formula is C11H25NO. The average Bonchev–Trinajstić information content (AvgIpc) is 2.10. The minimum Gasteiger partial charge on any atom is -0.314 e. The van der Waals surface area contributed by atoms with Crippen molar-refractivity contribution in [3.05, 3.63) is 0 Å². The molecule has 13 heavy (non-hydrogen) atoms. The number of unbranched alkanes of at least 4 members (excludes halogenated alkanes) is 4. The van der Waals surface area contributed by atoms with Gasteiger partial charge in [0.1, 0.15) is 0 Å². The quantitative estimate of drug-likeness (QED) is 0.465. The van der Waals surface area contributed by atoms with E-state index in [2.05, 4.69) is 13.8 Å². The Morgan fingerprint density at radius 2 is 1.69 bits per heavy atom. The van der Waals surface area contributed by atoms with E-state index in [0.29, 0.717) is 6.04 Å². The molecule has 2 heteroatoms. The minimum atomic E-state index is 0.363. The van der Waals surface area contributed by atoms with Gasteiger partial charge in [0, 0.05) is 13.1 Å². The predicted octanol–water partition coefficient (Wildman–Crippen LogP) is 3.45. The van der Waals surface area contributed by atoms with Crippen LogP contribution in [0.4, 0.5) is 0 Å². The van der Waals surface area contributed by atoms with E-state index in [9.17, 15) is 5.21 Å². The largest absolute Gasteiger partial charge is 0.314 e. The van der Waals surface area contributed by atoms with Gasteiger partial charge in [-0.1, -0.05) is 46.0 Å². The summed E-state index contributed by atoms with van der Waals surface area (Å²) in [5.74, 6) is 0. The van der Waals surface area contributed by atoms with E-state index in [1.54, 1.807) is 7.05 Å². The Hall–Kier alpha value is -0.0800. The van der Waals surface area contributed by atoms with Crippen LogP contribution in [0.1, 0.15) is 58.8 Å². The van der Waals surface area contributed by atoms with Crippen LogP contribution in [0.3, 0.4) is 0 Å². The van der Waals surface area contributed by atoms with Crippen molar-refractivity contribution in [1.29, 1.82) is 0 Å². The summed E-state index contributed by atoms with van der Waals surface area (Å²) >= 11 is 0. The second kappa shape index (κ2) is 8.52. The van der Waals surface area contributed by atoms with Gasteiger partial charge in [0.25, 0.3) is 0 Å². The van der Waals surface area contributed by atoms with Crippen molar-refractivity contribution < 1.29 is 5.21 Å². The zero-order valence-electron chi connectivity index (χ0n) is 9.42. The second-order valence-corrected chi connectivity index (χ2v) is 3.84. The molecule has 0 aromatic rings. The second-order valence-electron chi connectivity index (χ2n) is 3.84. The third-order valence-corrected chi connectivity index (χ3v) is 2.64. The van der Waals surface area contributed by atoms with E-state index >= 15 is 0 Å². The molecule has 0 aromatic carbocycles. The van der Waals surface area contributed by atoms with E-state index in [1.807, 2.05) is 0 Å². The summed E-state index contributed by atoms with van der Waals surface area (Å²) in [6, 6.07) is 0.363. The SMILES string of the molecule is CCCCCCCC(CC)N(C)O. The van der Waals surface area contributed by atoms with E-state index in [4.69, 9.17) is 0 Å². The molecule has 1 N–H and O–H groups in total. The van der Waals surface area contributed by atoms with Crippen LogP contribution in [-0.2, 0) is 0 Å². The van der Waals surface area contributed by atoms with Crippen molar-refractivity contribution in [2.75, 3.05) is 7.05 Å². The first-order valence-electron chi connectivity index (χ1n) is 5.64. The topological polar surface area (TPSA) is 23.5 Å². The van der Waals surface area contributed by atoms with Crippen molar-refractivity contribution in [3.8, 4) is 0 Å². The van der Waals surface area contributed by atoms with Crippen molar-refractivity contribution in [3.63, 3.8) is 0 Å². The van der Waals surface area contributed by atoms with Crippen LogP contribution in [0, 0.1) is 0 Å². The highest BCUT2D eigenvalue weighted by atomic mass is 16.5. The van der Waals surface area contributed by atoms with Gasteiger partial charge in [-0.05, 0) is 12.8 Å². The Bertz CT molecular complexity index is 104. The zero-order chi connectivity index (χ0) is 10.1. The van der Waals surface area contributed by atoms with E-state index in [-0.39, 0.29) is 0 Å². The van der Waals surface area contributed by atoms with Crippen molar-refractivity contribution >= 4 is 0 Å². The average molecular weight is 187 g/mol. The highest BCUT2D eigenvalue weighted by Crippen LogP contribution is 2.11. The van der Waals surface area contributed by atoms with Crippen LogP contribution in [0.2, 0.25) is 0 Å². The first-order chi connectivity index (χ1) is 6.22. The fourth-order valence-electron chi connectivity index (χ4n) is 1.64. The highest BCUT2D eigenvalue weighted by molar-refractivity contribution is 4.60. The lowest BCUT2D eigenvalue weighted by molar-refractivity contribution is -0.105. The molecule has 1 unspecified atom stereocenters. The third-order valence-electron chi connectivity index (χ3n) is 2.64. The molecule has 0 saturated carbocycles. The maximum Gasteiger partial charge on any atom is 0.0344 e.